The third kappa shape index (κ3) is 3.80. The van der Waals surface area contributed by atoms with Gasteiger partial charge in [0.2, 0.25) is 5.88 Å². The zero-order valence-corrected chi connectivity index (χ0v) is 16.9. The average Bonchev–Trinajstić information content (AvgIpc) is 3.21. The highest BCUT2D eigenvalue weighted by atomic mass is 19.1. The Bertz CT molecular complexity index is 1180. The van der Waals surface area contributed by atoms with Crippen molar-refractivity contribution in [3.63, 3.8) is 0 Å². The van der Waals surface area contributed by atoms with Crippen LogP contribution >= 0.6 is 0 Å². The number of methoxy groups -OCH3 is 1. The zero-order valence-electron chi connectivity index (χ0n) is 16.9. The second-order valence-electron chi connectivity index (χ2n) is 7.67. The molecule has 7 heteroatoms. The molecule has 0 radical (unpaired) electrons. The van der Waals surface area contributed by atoms with Crippen molar-refractivity contribution >= 4 is 6.08 Å². The van der Waals surface area contributed by atoms with E-state index in [0.29, 0.717) is 29.3 Å². The smallest absolute Gasteiger partial charge is 0.213 e. The first-order valence-corrected chi connectivity index (χ1v) is 10.1. The lowest BCUT2D eigenvalue weighted by molar-refractivity contribution is 0.285. The van der Waals surface area contributed by atoms with E-state index in [1.54, 1.807) is 49.7 Å². The summed E-state index contributed by atoms with van der Waals surface area (Å²) in [4.78, 5) is 4.10. The number of piperidine rings is 1. The fourth-order valence-corrected chi connectivity index (χ4v) is 4.04. The molecule has 0 spiro atoms. The number of rotatable bonds is 4. The molecule has 4 heterocycles. The molecule has 6 nitrogen and oxygen atoms in total. The van der Waals surface area contributed by atoms with Crippen LogP contribution in [0.4, 0.5) is 4.39 Å². The van der Waals surface area contributed by atoms with Gasteiger partial charge in [0.1, 0.15) is 11.9 Å². The molecule has 2 bridgehead atoms. The van der Waals surface area contributed by atoms with Crippen molar-refractivity contribution in [2.75, 3.05) is 7.11 Å². The molecule has 1 fully saturated rings. The lowest BCUT2D eigenvalue weighted by atomic mass is 9.95. The van der Waals surface area contributed by atoms with Crippen molar-refractivity contribution in [2.45, 2.75) is 24.7 Å². The Morgan fingerprint density at radius 2 is 1.97 bits per heavy atom. The van der Waals surface area contributed by atoms with Crippen LogP contribution in [-0.4, -0.2) is 45.7 Å². The van der Waals surface area contributed by atoms with E-state index in [1.807, 2.05) is 24.3 Å². The minimum atomic E-state index is -1.06. The van der Waals surface area contributed by atoms with Crippen molar-refractivity contribution in [1.29, 1.82) is 0 Å². The third-order valence-corrected chi connectivity index (χ3v) is 5.65. The van der Waals surface area contributed by atoms with Crippen LogP contribution in [0.25, 0.3) is 28.5 Å². The Hall–Kier alpha value is -3.58. The predicted molar refractivity (Wildman–Crippen MR) is 116 cm³/mol. The fourth-order valence-electron chi connectivity index (χ4n) is 4.04. The maximum atomic E-state index is 14.6. The number of benzene rings is 1. The molecule has 0 aliphatic carbocycles. The molecule has 2 N–H and O–H groups in total. The highest BCUT2D eigenvalue weighted by molar-refractivity contribution is 5.74. The number of aromatic nitrogens is 3. The first-order chi connectivity index (χ1) is 15.1. The van der Waals surface area contributed by atoms with Crippen molar-refractivity contribution in [1.82, 2.24) is 20.5 Å². The number of pyridine rings is 1. The molecule has 3 aromatic rings. The molecule has 1 aromatic carbocycles. The Morgan fingerprint density at radius 3 is 2.74 bits per heavy atom. The van der Waals surface area contributed by atoms with E-state index in [-0.39, 0.29) is 17.8 Å². The van der Waals surface area contributed by atoms with Gasteiger partial charge in [0.05, 0.1) is 24.5 Å². The van der Waals surface area contributed by atoms with Crippen LogP contribution in [-0.2, 0) is 0 Å². The van der Waals surface area contributed by atoms with Gasteiger partial charge in [-0.05, 0) is 59.5 Å². The van der Waals surface area contributed by atoms with E-state index in [9.17, 15) is 9.50 Å². The normalized spacial score (nSPS) is 23.3. The standard InChI is InChI=1S/C24H21FN4O2/c1-31-23-13-15(8-9-26-23)14-2-5-19(22(30)12-14)20-6-4-18(28-29-20)11-16-10-17-3-7-21(27-17)24(16)25/h2-9,11-13,17,21,24,27,30H,10H2,1H3/b16-11+/t17?,21?,24-/m1/s1. The molecule has 31 heavy (non-hydrogen) atoms. The van der Waals surface area contributed by atoms with Gasteiger partial charge >= 0.3 is 0 Å². The first-order valence-electron chi connectivity index (χ1n) is 10.1. The zero-order chi connectivity index (χ0) is 21.4. The Morgan fingerprint density at radius 1 is 1.10 bits per heavy atom. The summed E-state index contributed by atoms with van der Waals surface area (Å²) >= 11 is 0. The Kier molecular flexibility index (Phi) is 4.95. The van der Waals surface area contributed by atoms with Gasteiger partial charge in [-0.2, -0.15) is 5.10 Å². The second-order valence-corrected chi connectivity index (χ2v) is 7.67. The molecule has 5 rings (SSSR count). The van der Waals surface area contributed by atoms with Crippen LogP contribution in [0.5, 0.6) is 11.6 Å². The van der Waals surface area contributed by atoms with E-state index >= 15 is 0 Å². The number of halogens is 1. The summed E-state index contributed by atoms with van der Waals surface area (Å²) in [7, 11) is 1.56. The van der Waals surface area contributed by atoms with Gasteiger partial charge in [0.15, 0.2) is 0 Å². The number of phenolic OH excluding ortho intramolecular Hbond substituents is 1. The number of hydrogen-bond acceptors (Lipinski definition) is 6. The highest BCUT2D eigenvalue weighted by Crippen LogP contribution is 2.33. The molecule has 0 amide bonds. The number of nitrogens with one attached hydrogen (secondary N) is 1. The van der Waals surface area contributed by atoms with Gasteiger partial charge in [0, 0.05) is 23.9 Å². The summed E-state index contributed by atoms with van der Waals surface area (Å²) in [6.45, 7) is 0. The molecule has 156 valence electrons. The summed E-state index contributed by atoms with van der Waals surface area (Å²) in [5, 5.41) is 22.3. The van der Waals surface area contributed by atoms with E-state index in [0.717, 1.165) is 16.7 Å². The van der Waals surface area contributed by atoms with Crippen LogP contribution < -0.4 is 10.1 Å². The molecule has 0 saturated carbocycles. The number of ether oxygens (including phenoxy) is 1. The minimum absolute atomic E-state index is 0.0958. The van der Waals surface area contributed by atoms with Gasteiger partial charge in [-0.1, -0.05) is 18.2 Å². The van der Waals surface area contributed by atoms with Gasteiger partial charge in [0.25, 0.3) is 0 Å². The number of aromatic hydroxyl groups is 1. The van der Waals surface area contributed by atoms with Crippen molar-refractivity contribution in [3.8, 4) is 34.0 Å². The highest BCUT2D eigenvalue weighted by Gasteiger charge is 2.34. The average molecular weight is 416 g/mol. The summed E-state index contributed by atoms with van der Waals surface area (Å²) in [6, 6.07) is 12.5. The van der Waals surface area contributed by atoms with Crippen LogP contribution in [0, 0.1) is 0 Å². The van der Waals surface area contributed by atoms with Gasteiger partial charge in [-0.15, -0.1) is 5.10 Å². The van der Waals surface area contributed by atoms with Gasteiger partial charge < -0.3 is 15.2 Å². The minimum Gasteiger partial charge on any atom is -0.507 e. The summed E-state index contributed by atoms with van der Waals surface area (Å²) in [6.07, 6.45) is 6.90. The van der Waals surface area contributed by atoms with Crippen molar-refractivity contribution in [3.05, 3.63) is 72.1 Å². The molecular weight excluding hydrogens is 395 g/mol. The molecule has 2 unspecified atom stereocenters. The van der Waals surface area contributed by atoms with Crippen molar-refractivity contribution < 1.29 is 14.2 Å². The lowest BCUT2D eigenvalue weighted by Gasteiger charge is -2.27. The predicted octanol–water partition coefficient (Wildman–Crippen LogP) is 3.94. The van der Waals surface area contributed by atoms with E-state index in [4.69, 9.17) is 4.74 Å². The van der Waals surface area contributed by atoms with Gasteiger partial charge in [-0.3, -0.25) is 0 Å². The first kappa shape index (κ1) is 19.4. The molecule has 2 aromatic heterocycles. The topological polar surface area (TPSA) is 80.2 Å². The quantitative estimate of drug-likeness (QED) is 0.627. The molecule has 2 aliphatic heterocycles. The number of alkyl halides is 1. The van der Waals surface area contributed by atoms with E-state index < -0.39 is 6.17 Å². The number of phenols is 1. The van der Waals surface area contributed by atoms with Crippen LogP contribution in [0.3, 0.4) is 0 Å². The van der Waals surface area contributed by atoms with Crippen LogP contribution in [0.1, 0.15) is 12.1 Å². The summed E-state index contributed by atoms with van der Waals surface area (Å²) in [5.74, 6) is 0.600. The largest absolute Gasteiger partial charge is 0.507 e. The van der Waals surface area contributed by atoms with Crippen molar-refractivity contribution in [2.24, 2.45) is 0 Å². The van der Waals surface area contributed by atoms with Gasteiger partial charge in [-0.25, -0.2) is 9.37 Å². The summed E-state index contributed by atoms with van der Waals surface area (Å²) in [5.41, 5.74) is 4.15. The van der Waals surface area contributed by atoms with E-state index in [2.05, 4.69) is 20.5 Å². The number of fused-ring (bicyclic) bond motifs is 2. The second kappa shape index (κ2) is 7.92. The van der Waals surface area contributed by atoms with E-state index in [1.165, 1.54) is 0 Å². The third-order valence-electron chi connectivity index (χ3n) is 5.65. The Balaban J connectivity index is 1.38. The molecular formula is C24H21FN4O2. The maximum Gasteiger partial charge on any atom is 0.213 e. The SMILES string of the molecule is COc1cc(-c2ccc(-c3ccc(/C=C4\CC5C=CC(N5)[C@@H]4F)nn3)c(O)c2)ccn1. The monoisotopic (exact) mass is 416 g/mol. The van der Waals surface area contributed by atoms with Crippen LogP contribution in [0.2, 0.25) is 0 Å². The lowest BCUT2D eigenvalue weighted by Crippen LogP contribution is -2.43. The fraction of sp³-hybridized carbons (Fsp3) is 0.208. The van der Waals surface area contributed by atoms with Crippen LogP contribution in [0.15, 0.2) is 66.4 Å². The molecule has 2 aliphatic rings. The number of hydrogen-bond donors (Lipinski definition) is 2. The Labute approximate surface area is 179 Å². The number of nitrogens with zero attached hydrogens (tertiary/aromatic N) is 3. The maximum absolute atomic E-state index is 14.6. The molecule has 3 atom stereocenters. The molecule has 1 saturated heterocycles. The summed E-state index contributed by atoms with van der Waals surface area (Å²) < 4.78 is 19.7.